The van der Waals surface area contributed by atoms with Crippen LogP contribution in [0.15, 0.2) is 23.3 Å². The average molecular weight is 423 g/mol. The van der Waals surface area contributed by atoms with E-state index in [9.17, 15) is 19.2 Å². The van der Waals surface area contributed by atoms with Crippen LogP contribution in [0.25, 0.3) is 0 Å². The number of rotatable bonds is 6. The lowest BCUT2D eigenvalue weighted by molar-refractivity contribution is -0.134. The Morgan fingerprint density at radius 2 is 1.84 bits per heavy atom. The first-order valence-corrected chi connectivity index (χ1v) is 9.98. The van der Waals surface area contributed by atoms with E-state index in [1.165, 1.54) is 11.9 Å². The Kier molecular flexibility index (Phi) is 6.19. The van der Waals surface area contributed by atoms with Crippen molar-refractivity contribution in [2.45, 2.75) is 47.5 Å². The highest BCUT2D eigenvalue weighted by atomic mass is 16.5. The van der Waals surface area contributed by atoms with Gasteiger partial charge in [0.05, 0.1) is 11.4 Å². The molecule has 0 aliphatic carbocycles. The number of aromatic amines is 1. The molecule has 1 aliphatic heterocycles. The number of aryl methyl sites for hydroxylation is 3. The van der Waals surface area contributed by atoms with Gasteiger partial charge in [-0.3, -0.25) is 14.4 Å². The lowest BCUT2D eigenvalue weighted by Crippen LogP contribution is -2.35. The molecule has 0 unspecified atom stereocenters. The van der Waals surface area contributed by atoms with Gasteiger partial charge in [0.1, 0.15) is 5.71 Å². The molecule has 8 nitrogen and oxygen atoms in total. The summed E-state index contributed by atoms with van der Waals surface area (Å²) in [6.07, 6.45) is 0.258. The number of hydrazone groups is 1. The van der Waals surface area contributed by atoms with Gasteiger partial charge in [-0.25, -0.2) is 4.79 Å². The molecular formula is C23H25N3O5. The number of nitrogens with one attached hydrogen (secondary N) is 1. The molecule has 2 heterocycles. The zero-order valence-corrected chi connectivity index (χ0v) is 18.3. The number of benzene rings is 1. The molecule has 1 aliphatic rings. The summed E-state index contributed by atoms with van der Waals surface area (Å²) in [5, 5.41) is 5.43. The minimum absolute atomic E-state index is 0.0807. The third-order valence-corrected chi connectivity index (χ3v) is 5.26. The number of anilines is 1. The van der Waals surface area contributed by atoms with Gasteiger partial charge in [0.25, 0.3) is 0 Å². The smallest absolute Gasteiger partial charge is 0.354 e. The normalized spacial score (nSPS) is 13.8. The second-order valence-electron chi connectivity index (χ2n) is 7.72. The standard InChI is InChI=1S/C23H25N3O5/c1-12-6-7-13(2)18(10-12)26-20(29)9-8-17(25-26)23(30)31-11-19(28)22-14(3)21(16(5)27)15(4)24-22/h6-7,10,24H,8-9,11H2,1-5H3. The van der Waals surface area contributed by atoms with Gasteiger partial charge < -0.3 is 9.72 Å². The number of carbonyl (C=O) groups excluding carboxylic acids is 4. The zero-order valence-electron chi connectivity index (χ0n) is 18.3. The van der Waals surface area contributed by atoms with Crippen molar-refractivity contribution in [1.82, 2.24) is 4.98 Å². The van der Waals surface area contributed by atoms with Gasteiger partial charge in [-0.15, -0.1) is 0 Å². The Hall–Kier alpha value is -3.55. The van der Waals surface area contributed by atoms with Crippen molar-refractivity contribution in [3.05, 3.63) is 51.8 Å². The third kappa shape index (κ3) is 4.47. The summed E-state index contributed by atoms with van der Waals surface area (Å²) in [6, 6.07) is 5.64. The number of aromatic nitrogens is 1. The van der Waals surface area contributed by atoms with Crippen molar-refractivity contribution in [3.8, 4) is 0 Å². The van der Waals surface area contributed by atoms with E-state index in [-0.39, 0.29) is 35.9 Å². The molecule has 31 heavy (non-hydrogen) atoms. The highest BCUT2D eigenvalue weighted by Crippen LogP contribution is 2.25. The molecule has 1 aromatic heterocycles. The van der Waals surface area contributed by atoms with E-state index in [4.69, 9.17) is 4.74 Å². The molecule has 0 radical (unpaired) electrons. The van der Waals surface area contributed by atoms with Gasteiger partial charge in [0.15, 0.2) is 12.4 Å². The van der Waals surface area contributed by atoms with Crippen molar-refractivity contribution < 1.29 is 23.9 Å². The van der Waals surface area contributed by atoms with E-state index in [1.807, 2.05) is 32.0 Å². The van der Waals surface area contributed by atoms with Gasteiger partial charge in [-0.1, -0.05) is 12.1 Å². The Balaban J connectivity index is 1.75. The summed E-state index contributed by atoms with van der Waals surface area (Å²) in [7, 11) is 0. The molecule has 2 aromatic rings. The monoisotopic (exact) mass is 423 g/mol. The molecule has 1 amide bonds. The molecule has 0 atom stereocenters. The first kappa shape index (κ1) is 22.1. The van der Waals surface area contributed by atoms with Crippen LogP contribution in [0.2, 0.25) is 0 Å². The van der Waals surface area contributed by atoms with Crippen molar-refractivity contribution in [2.24, 2.45) is 5.10 Å². The predicted octanol–water partition coefficient (Wildman–Crippen LogP) is 3.36. The van der Waals surface area contributed by atoms with Gasteiger partial charge in [0.2, 0.25) is 11.7 Å². The summed E-state index contributed by atoms with van der Waals surface area (Å²) in [4.78, 5) is 52.1. The molecular weight excluding hydrogens is 398 g/mol. The zero-order chi connectivity index (χ0) is 22.9. The Morgan fingerprint density at radius 1 is 1.13 bits per heavy atom. The summed E-state index contributed by atoms with van der Waals surface area (Å²) in [5.74, 6) is -1.55. The van der Waals surface area contributed by atoms with Gasteiger partial charge in [-0.2, -0.15) is 10.1 Å². The second kappa shape index (κ2) is 8.67. The summed E-state index contributed by atoms with van der Waals surface area (Å²) in [5.41, 5.74) is 4.35. The van der Waals surface area contributed by atoms with Crippen LogP contribution >= 0.6 is 0 Å². The number of hydrogen-bond donors (Lipinski definition) is 1. The topological polar surface area (TPSA) is 109 Å². The maximum Gasteiger partial charge on any atom is 0.354 e. The van der Waals surface area contributed by atoms with Gasteiger partial charge in [-0.05, 0) is 57.4 Å². The Bertz CT molecular complexity index is 1130. The number of Topliss-reactive ketones (excluding diaryl/α,β-unsaturated/α-hetero) is 2. The SMILES string of the molecule is CC(=O)c1c(C)[nH]c(C(=O)COC(=O)C2=NN(c3cc(C)ccc3C)C(=O)CC2)c1C. The first-order chi connectivity index (χ1) is 14.6. The van der Waals surface area contributed by atoms with Crippen LogP contribution in [0.3, 0.4) is 0 Å². The fourth-order valence-corrected chi connectivity index (χ4v) is 3.68. The molecule has 0 fully saturated rings. The molecule has 162 valence electrons. The number of ketones is 2. The van der Waals surface area contributed by atoms with E-state index in [0.717, 1.165) is 11.1 Å². The summed E-state index contributed by atoms with van der Waals surface area (Å²) in [6.45, 7) is 8.09. The number of hydrogen-bond acceptors (Lipinski definition) is 6. The van der Waals surface area contributed by atoms with Gasteiger partial charge >= 0.3 is 5.97 Å². The van der Waals surface area contributed by atoms with Crippen molar-refractivity contribution in [2.75, 3.05) is 11.6 Å². The molecule has 0 spiro atoms. The quantitative estimate of drug-likeness (QED) is 0.566. The summed E-state index contributed by atoms with van der Waals surface area (Å²) < 4.78 is 5.17. The van der Waals surface area contributed by atoms with E-state index < -0.39 is 18.4 Å². The van der Waals surface area contributed by atoms with Crippen LogP contribution in [-0.4, -0.2) is 40.7 Å². The number of esters is 1. The predicted molar refractivity (Wildman–Crippen MR) is 116 cm³/mol. The largest absolute Gasteiger partial charge is 0.453 e. The minimum Gasteiger partial charge on any atom is -0.453 e. The molecule has 0 saturated heterocycles. The molecule has 1 aromatic carbocycles. The van der Waals surface area contributed by atoms with E-state index in [1.54, 1.807) is 13.8 Å². The van der Waals surface area contributed by atoms with E-state index in [2.05, 4.69) is 10.1 Å². The minimum atomic E-state index is -0.746. The Labute approximate surface area is 180 Å². The summed E-state index contributed by atoms with van der Waals surface area (Å²) >= 11 is 0. The van der Waals surface area contributed by atoms with Crippen molar-refractivity contribution in [3.63, 3.8) is 0 Å². The molecule has 0 saturated carbocycles. The Morgan fingerprint density at radius 3 is 2.48 bits per heavy atom. The fraction of sp³-hybridized carbons (Fsp3) is 0.348. The van der Waals surface area contributed by atoms with Crippen LogP contribution in [0.1, 0.15) is 63.0 Å². The number of H-pyrrole nitrogens is 1. The number of amides is 1. The van der Waals surface area contributed by atoms with Crippen LogP contribution < -0.4 is 5.01 Å². The molecule has 1 N–H and O–H groups in total. The van der Waals surface area contributed by atoms with Crippen molar-refractivity contribution in [1.29, 1.82) is 0 Å². The number of carbonyl (C=O) groups is 4. The van der Waals surface area contributed by atoms with Crippen LogP contribution in [0, 0.1) is 27.7 Å². The maximum absolute atomic E-state index is 12.5. The number of nitrogens with zero attached hydrogens (tertiary/aromatic N) is 2. The molecule has 0 bridgehead atoms. The third-order valence-electron chi connectivity index (χ3n) is 5.26. The average Bonchev–Trinajstić information content (AvgIpc) is 3.02. The lowest BCUT2D eigenvalue weighted by atomic mass is 10.1. The fourth-order valence-electron chi connectivity index (χ4n) is 3.68. The second-order valence-corrected chi connectivity index (χ2v) is 7.72. The lowest BCUT2D eigenvalue weighted by Gasteiger charge is -2.24. The van der Waals surface area contributed by atoms with E-state index >= 15 is 0 Å². The van der Waals surface area contributed by atoms with Crippen LogP contribution in [0.5, 0.6) is 0 Å². The van der Waals surface area contributed by atoms with Crippen LogP contribution in [-0.2, 0) is 14.3 Å². The molecule has 3 rings (SSSR count). The van der Waals surface area contributed by atoms with Crippen LogP contribution in [0.4, 0.5) is 5.69 Å². The molecule has 8 heteroatoms. The highest BCUT2D eigenvalue weighted by molar-refractivity contribution is 6.38. The number of ether oxygens (including phenoxy) is 1. The van der Waals surface area contributed by atoms with Gasteiger partial charge in [0, 0.05) is 24.1 Å². The van der Waals surface area contributed by atoms with Crippen molar-refractivity contribution >= 4 is 34.8 Å². The maximum atomic E-state index is 12.5. The van der Waals surface area contributed by atoms with E-state index in [0.29, 0.717) is 22.5 Å². The first-order valence-electron chi connectivity index (χ1n) is 9.98. The highest BCUT2D eigenvalue weighted by Gasteiger charge is 2.28.